The van der Waals surface area contributed by atoms with Crippen LogP contribution in [0.25, 0.3) is 273 Å². The molecular formula is C141H87Cl5. The summed E-state index contributed by atoms with van der Waals surface area (Å²) in [6.07, 6.45) is 0. The molecule has 28 aromatic carbocycles. The van der Waals surface area contributed by atoms with E-state index in [0.29, 0.717) is 5.56 Å². The summed E-state index contributed by atoms with van der Waals surface area (Å²) in [5, 5.41) is 35.4. The van der Waals surface area contributed by atoms with E-state index < -0.39 is 0 Å². The fourth-order valence-corrected chi connectivity index (χ4v) is 24.3. The van der Waals surface area contributed by atoms with Gasteiger partial charge in [-0.25, -0.2) is 0 Å². The molecule has 0 bridgehead atoms. The Labute approximate surface area is 871 Å². The zero-order valence-corrected chi connectivity index (χ0v) is 83.2. The van der Waals surface area contributed by atoms with Crippen molar-refractivity contribution in [1.29, 1.82) is 0 Å². The van der Waals surface area contributed by atoms with Crippen molar-refractivity contribution in [3.8, 4) is 122 Å². The minimum Gasteiger partial charge on any atom is -0.0819 e. The van der Waals surface area contributed by atoms with Crippen molar-refractivity contribution in [1.82, 2.24) is 0 Å². The van der Waals surface area contributed by atoms with Crippen molar-refractivity contribution in [3.05, 3.63) is 540 Å². The van der Waals surface area contributed by atoms with Crippen LogP contribution in [0.4, 0.5) is 0 Å². The smallest absolute Gasteiger partial charge is 0.0809 e. The minimum atomic E-state index is 0.138. The van der Waals surface area contributed by atoms with E-state index in [0.717, 1.165) is 38.4 Å². The monoisotopic (exact) mass is 1950 g/mol. The minimum absolute atomic E-state index is 0.138. The molecule has 0 aliphatic heterocycles. The van der Waals surface area contributed by atoms with Gasteiger partial charge in [-0.1, -0.05) is 531 Å². The van der Waals surface area contributed by atoms with Gasteiger partial charge in [0.2, 0.25) is 0 Å². The number of halogens is 5. The average Bonchev–Trinajstić information content (AvgIpc) is 0.723. The number of aryl methyl sites for hydroxylation is 1. The van der Waals surface area contributed by atoms with E-state index in [1.54, 1.807) is 0 Å². The molecule has 0 saturated carbocycles. The third-order valence-electron chi connectivity index (χ3n) is 29.7. The summed E-state index contributed by atoms with van der Waals surface area (Å²) in [6.45, 7) is 2.14. The highest BCUT2D eigenvalue weighted by Crippen LogP contribution is 2.56. The average molecular weight is 1960 g/mol. The van der Waals surface area contributed by atoms with Gasteiger partial charge in [0.05, 0.1) is 25.1 Å². The highest BCUT2D eigenvalue weighted by atomic mass is 35.5. The second-order valence-corrected chi connectivity index (χ2v) is 40.0. The molecule has 0 nitrogen and oxygen atoms in total. The number of hydrogen-bond donors (Lipinski definition) is 0. The first kappa shape index (κ1) is 89.4. The Bertz CT molecular complexity index is 10100. The summed E-state index contributed by atoms with van der Waals surface area (Å²) in [5.41, 5.74) is 27.2. The van der Waals surface area contributed by atoms with E-state index in [2.05, 4.69) is 510 Å². The first-order chi connectivity index (χ1) is 71.9. The van der Waals surface area contributed by atoms with Crippen LogP contribution in [0.2, 0.25) is 25.1 Å². The molecule has 28 aromatic rings. The van der Waals surface area contributed by atoms with Crippen LogP contribution in [-0.2, 0) is 0 Å². The van der Waals surface area contributed by atoms with Gasteiger partial charge in [0.1, 0.15) is 0 Å². The molecule has 28 rings (SSSR count). The predicted molar refractivity (Wildman–Crippen MR) is 634 cm³/mol. The largest absolute Gasteiger partial charge is 0.0819 e. The molecule has 686 valence electrons. The van der Waals surface area contributed by atoms with Crippen molar-refractivity contribution in [3.63, 3.8) is 0 Å². The third-order valence-corrected chi connectivity index (χ3v) is 32.0. The molecule has 0 spiro atoms. The number of rotatable bonds is 11. The topological polar surface area (TPSA) is 0 Å². The summed E-state index contributed by atoms with van der Waals surface area (Å²) in [6, 6.07) is 186. The lowest BCUT2D eigenvalue weighted by Crippen LogP contribution is -1.94. The maximum absolute atomic E-state index is 6.82. The molecule has 0 radical (unpaired) electrons. The molecule has 0 aromatic heterocycles. The highest BCUT2D eigenvalue weighted by molar-refractivity contribution is 6.57. The van der Waals surface area contributed by atoms with E-state index in [1.807, 2.05) is 6.07 Å². The Morgan fingerprint density at radius 3 is 0.685 bits per heavy atom. The first-order valence-electron chi connectivity index (χ1n) is 49.5. The molecule has 0 fully saturated rings. The van der Waals surface area contributed by atoms with Gasteiger partial charge in [0, 0.05) is 5.56 Å². The lowest BCUT2D eigenvalue weighted by molar-refractivity contribution is 1.47. The number of hydrogen-bond acceptors (Lipinski definition) is 0. The summed E-state index contributed by atoms with van der Waals surface area (Å²) in [4.78, 5) is 0. The van der Waals surface area contributed by atoms with Crippen LogP contribution in [0.1, 0.15) is 5.56 Å². The lowest BCUT2D eigenvalue weighted by atomic mass is 9.82. The first-order valence-corrected chi connectivity index (χ1v) is 51.4. The fraction of sp³-hybridized carbons (Fsp3) is 0.00709. The second-order valence-electron chi connectivity index (χ2n) is 38.1. The lowest BCUT2D eigenvalue weighted by Gasteiger charge is -2.21. The van der Waals surface area contributed by atoms with Crippen LogP contribution in [0.5, 0.6) is 0 Å². The van der Waals surface area contributed by atoms with Crippen LogP contribution < -0.4 is 0 Å². The summed E-state index contributed by atoms with van der Waals surface area (Å²) >= 11 is 33.1. The van der Waals surface area contributed by atoms with Gasteiger partial charge in [-0.3, -0.25) is 0 Å². The van der Waals surface area contributed by atoms with Gasteiger partial charge in [-0.05, 0) is 317 Å². The van der Waals surface area contributed by atoms with Gasteiger partial charge in [0.25, 0.3) is 0 Å². The Hall–Kier alpha value is -16.8. The maximum atomic E-state index is 6.82. The van der Waals surface area contributed by atoms with Gasteiger partial charge < -0.3 is 0 Å². The molecule has 0 unspecified atom stereocenters. The maximum Gasteiger partial charge on any atom is 0.0809 e. The van der Waals surface area contributed by atoms with Crippen LogP contribution in [0, 0.1) is 6.92 Å². The van der Waals surface area contributed by atoms with Gasteiger partial charge in [-0.2, -0.15) is 0 Å². The van der Waals surface area contributed by atoms with Gasteiger partial charge >= 0.3 is 0 Å². The van der Waals surface area contributed by atoms with Crippen LogP contribution in [0.15, 0.2) is 510 Å². The van der Waals surface area contributed by atoms with Crippen molar-refractivity contribution in [2.45, 2.75) is 6.92 Å². The third kappa shape index (κ3) is 15.7. The fourth-order valence-electron chi connectivity index (χ4n) is 22.9. The molecule has 0 saturated heterocycles. The zero-order chi connectivity index (χ0) is 97.7. The molecule has 0 aliphatic rings. The zero-order valence-electron chi connectivity index (χ0n) is 79.4. The van der Waals surface area contributed by atoms with Crippen LogP contribution in [0.3, 0.4) is 0 Å². The summed E-state index contributed by atoms with van der Waals surface area (Å²) < 4.78 is 0. The molecule has 146 heavy (non-hydrogen) atoms. The summed E-state index contributed by atoms with van der Waals surface area (Å²) in [7, 11) is 0. The van der Waals surface area contributed by atoms with E-state index >= 15 is 0 Å². The van der Waals surface area contributed by atoms with Crippen molar-refractivity contribution in [2.75, 3.05) is 0 Å². The van der Waals surface area contributed by atoms with E-state index in [-0.39, 0.29) is 25.1 Å². The standard InChI is InChI=1S/C60H38.C41H28.C40H21Cl5/c1-2-14-39(15-3-1)42-26-30-43(31-27-42)57-49-20-8-10-22-51(49)59(52-23-11-9-21-50(52)57)48-34-35-55-56(38-48)60(47-33-29-41-17-5-7-19-45(41)37-47)54-25-13-12-24-53(54)58(55)46-32-28-40-16-4-6-18-44(40)36-46;1-27-14-16-30(17-15-27)33-22-23-38-39(26-33)41(35-21-19-29-9-3-5-11-32(29)25-35)37-13-7-6-12-36(37)40(38)34-20-18-28-8-2-4-10-31(28)24-34;41-36-33(37(42)39(44)40(45)38(36)43)24-19-20-31-32(21-24)35(28-18-8-12-23-10-2-4-14-26(23)28)30-16-6-5-15-29(30)34(31)27-17-7-11-22-9-1-3-13-25(22)27/h1-38H;2-26H,1H3;1-21H. The Morgan fingerprint density at radius 1 is 0.110 bits per heavy atom. The van der Waals surface area contributed by atoms with Crippen LogP contribution in [-0.4, -0.2) is 0 Å². The molecule has 0 atom stereocenters. The molecule has 0 N–H and O–H groups in total. The normalized spacial score (nSPS) is 11.6. The van der Waals surface area contributed by atoms with E-state index in [1.165, 1.54) is 235 Å². The molecule has 0 aliphatic carbocycles. The van der Waals surface area contributed by atoms with Crippen molar-refractivity contribution >= 4 is 209 Å². The van der Waals surface area contributed by atoms with E-state index in [9.17, 15) is 0 Å². The predicted octanol–water partition coefficient (Wildman–Crippen LogP) is 43.1. The molecule has 0 amide bonds. The molecule has 5 heteroatoms. The van der Waals surface area contributed by atoms with Crippen molar-refractivity contribution < 1.29 is 0 Å². The Morgan fingerprint density at radius 2 is 0.315 bits per heavy atom. The van der Waals surface area contributed by atoms with Gasteiger partial charge in [0.15, 0.2) is 0 Å². The number of fused-ring (bicyclic) bond motifs is 14. The Balaban J connectivity index is 0.000000114. The molecule has 0 heterocycles. The van der Waals surface area contributed by atoms with E-state index in [4.69, 9.17) is 58.0 Å². The van der Waals surface area contributed by atoms with Crippen molar-refractivity contribution in [2.24, 2.45) is 0 Å². The number of benzene rings is 28. The highest BCUT2D eigenvalue weighted by Gasteiger charge is 2.28. The second kappa shape index (κ2) is 37.5. The SMILES string of the molecule is Cc1ccc(-c2ccc3c(-c4ccc5ccccc5c4)c4ccccc4c(-c4ccc5ccccc5c4)c3c2)cc1.Clc1c(Cl)c(Cl)c(-c2ccc3c(-c4cccc5ccccc45)c4ccccc4c(-c4cccc5ccccc45)c3c2)c(Cl)c1Cl.c1ccc(-c2ccc(-c3c4ccccc4c(-c4ccc5c(-c6ccc7ccccc7c6)c6ccccc6c(-c6ccc7ccccc7c6)c5c4)c4ccccc34)cc2)cc1. The Kier molecular flexibility index (Phi) is 23.0. The quantitative estimate of drug-likeness (QED) is 0.0688. The van der Waals surface area contributed by atoms with Gasteiger partial charge in [-0.15, -0.1) is 0 Å². The summed E-state index contributed by atoms with van der Waals surface area (Å²) in [5.74, 6) is 0. The molecular weight excluding hydrogens is 1870 g/mol. The van der Waals surface area contributed by atoms with Crippen LogP contribution >= 0.6 is 58.0 Å².